The van der Waals surface area contributed by atoms with Crippen LogP contribution < -0.4 is 0 Å². The van der Waals surface area contributed by atoms with Gasteiger partial charge < -0.3 is 0 Å². The van der Waals surface area contributed by atoms with Gasteiger partial charge in [-0.1, -0.05) is 24.3 Å². The standard InChI is InChI=1S/C12H12ClN/c1-12(2,13)11-10-6-4-3-5-9(10)7-8-14-11/h3-8H,1-2H3. The van der Waals surface area contributed by atoms with E-state index in [0.29, 0.717) is 0 Å². The van der Waals surface area contributed by atoms with E-state index < -0.39 is 4.87 Å². The molecule has 0 aliphatic rings. The van der Waals surface area contributed by atoms with Crippen molar-refractivity contribution in [3.63, 3.8) is 0 Å². The molecule has 2 heteroatoms. The molecule has 0 amide bonds. The molecule has 14 heavy (non-hydrogen) atoms. The lowest BCUT2D eigenvalue weighted by Gasteiger charge is -2.17. The van der Waals surface area contributed by atoms with E-state index in [4.69, 9.17) is 11.6 Å². The molecular weight excluding hydrogens is 194 g/mol. The largest absolute Gasteiger partial charge is 0.259 e. The molecule has 72 valence electrons. The maximum Gasteiger partial charge on any atom is 0.0816 e. The second kappa shape index (κ2) is 3.25. The van der Waals surface area contributed by atoms with Crippen molar-refractivity contribution < 1.29 is 0 Å². The summed E-state index contributed by atoms with van der Waals surface area (Å²) in [5.74, 6) is 0. The van der Waals surface area contributed by atoms with Gasteiger partial charge in [-0.15, -0.1) is 11.6 Å². The van der Waals surface area contributed by atoms with E-state index in [0.717, 1.165) is 11.1 Å². The van der Waals surface area contributed by atoms with Gasteiger partial charge in [0.05, 0.1) is 10.6 Å². The van der Waals surface area contributed by atoms with Crippen LogP contribution in [0.4, 0.5) is 0 Å². The predicted octanol–water partition coefficient (Wildman–Crippen LogP) is 3.71. The van der Waals surface area contributed by atoms with E-state index in [-0.39, 0.29) is 0 Å². The fourth-order valence-corrected chi connectivity index (χ4v) is 1.74. The summed E-state index contributed by atoms with van der Waals surface area (Å²) in [4.78, 5) is 3.93. The molecule has 0 fully saturated rings. The molecule has 0 bridgehead atoms. The minimum absolute atomic E-state index is 0.416. The highest BCUT2D eigenvalue weighted by Gasteiger charge is 2.20. The van der Waals surface area contributed by atoms with Crippen LogP contribution in [0.15, 0.2) is 36.5 Å². The zero-order valence-corrected chi connectivity index (χ0v) is 9.05. The summed E-state index contributed by atoms with van der Waals surface area (Å²) in [6, 6.07) is 10.2. The van der Waals surface area contributed by atoms with E-state index in [9.17, 15) is 0 Å². The Kier molecular flexibility index (Phi) is 2.20. The molecule has 0 aliphatic carbocycles. The number of benzene rings is 1. The molecule has 0 saturated carbocycles. The van der Waals surface area contributed by atoms with Crippen molar-refractivity contribution in [2.45, 2.75) is 18.7 Å². The number of hydrogen-bond donors (Lipinski definition) is 0. The van der Waals surface area contributed by atoms with Crippen molar-refractivity contribution in [1.82, 2.24) is 4.98 Å². The highest BCUT2D eigenvalue weighted by Crippen LogP contribution is 2.31. The van der Waals surface area contributed by atoms with Crippen molar-refractivity contribution in [2.24, 2.45) is 0 Å². The Morgan fingerprint density at radius 1 is 1.14 bits per heavy atom. The van der Waals surface area contributed by atoms with Gasteiger partial charge in [-0.05, 0) is 25.3 Å². The summed E-state index contributed by atoms with van der Waals surface area (Å²) < 4.78 is 0. The third-order valence-electron chi connectivity index (χ3n) is 2.24. The minimum Gasteiger partial charge on any atom is -0.259 e. The summed E-state index contributed by atoms with van der Waals surface area (Å²) in [7, 11) is 0. The van der Waals surface area contributed by atoms with E-state index in [1.165, 1.54) is 5.39 Å². The Hall–Kier alpha value is -1.08. The number of alkyl halides is 1. The Morgan fingerprint density at radius 3 is 2.57 bits per heavy atom. The Labute approximate surface area is 88.7 Å². The molecule has 0 unspecified atom stereocenters. The lowest BCUT2D eigenvalue weighted by molar-refractivity contribution is 0.741. The Balaban J connectivity index is 2.78. The number of rotatable bonds is 1. The van der Waals surface area contributed by atoms with Crippen LogP contribution in [0.25, 0.3) is 10.8 Å². The van der Waals surface area contributed by atoms with Crippen LogP contribution in [0.5, 0.6) is 0 Å². The molecule has 1 aromatic carbocycles. The smallest absolute Gasteiger partial charge is 0.0816 e. The maximum atomic E-state index is 6.28. The molecule has 0 atom stereocenters. The first-order chi connectivity index (χ1) is 6.59. The fourth-order valence-electron chi connectivity index (χ4n) is 1.59. The predicted molar refractivity (Wildman–Crippen MR) is 60.6 cm³/mol. The van der Waals surface area contributed by atoms with E-state index in [1.54, 1.807) is 0 Å². The van der Waals surface area contributed by atoms with Gasteiger partial charge in [-0.2, -0.15) is 0 Å². The van der Waals surface area contributed by atoms with Crippen molar-refractivity contribution in [2.75, 3.05) is 0 Å². The Bertz CT molecular complexity index is 452. The monoisotopic (exact) mass is 205 g/mol. The zero-order chi connectivity index (χ0) is 10.2. The van der Waals surface area contributed by atoms with E-state index >= 15 is 0 Å². The molecule has 2 rings (SSSR count). The van der Waals surface area contributed by atoms with Crippen LogP contribution in [0, 0.1) is 0 Å². The minimum atomic E-state index is -0.416. The molecule has 1 heterocycles. The van der Waals surface area contributed by atoms with Crippen LogP contribution >= 0.6 is 11.6 Å². The molecule has 0 spiro atoms. The molecule has 0 aliphatic heterocycles. The van der Waals surface area contributed by atoms with Gasteiger partial charge in [0.25, 0.3) is 0 Å². The topological polar surface area (TPSA) is 12.9 Å². The third-order valence-corrected chi connectivity index (χ3v) is 2.42. The van der Waals surface area contributed by atoms with Gasteiger partial charge in [0.2, 0.25) is 0 Å². The van der Waals surface area contributed by atoms with Crippen LogP contribution in [-0.4, -0.2) is 4.98 Å². The highest BCUT2D eigenvalue weighted by molar-refractivity contribution is 6.24. The summed E-state index contributed by atoms with van der Waals surface area (Å²) in [6.07, 6.45) is 1.81. The first kappa shape index (κ1) is 9.47. The summed E-state index contributed by atoms with van der Waals surface area (Å²) >= 11 is 6.28. The van der Waals surface area contributed by atoms with Crippen LogP contribution in [0.3, 0.4) is 0 Å². The average molecular weight is 206 g/mol. The summed E-state index contributed by atoms with van der Waals surface area (Å²) in [6.45, 7) is 3.92. The van der Waals surface area contributed by atoms with Crippen LogP contribution in [-0.2, 0) is 4.87 Å². The quantitative estimate of drug-likeness (QED) is 0.647. The van der Waals surface area contributed by atoms with Gasteiger partial charge in [-0.25, -0.2) is 0 Å². The van der Waals surface area contributed by atoms with Gasteiger partial charge in [0.15, 0.2) is 0 Å². The second-order valence-electron chi connectivity index (χ2n) is 3.85. The third kappa shape index (κ3) is 1.60. The number of hydrogen-bond acceptors (Lipinski definition) is 1. The molecule has 2 aromatic rings. The SMILES string of the molecule is CC(C)(Cl)c1nccc2ccccc12. The van der Waals surface area contributed by atoms with Gasteiger partial charge >= 0.3 is 0 Å². The highest BCUT2D eigenvalue weighted by atomic mass is 35.5. The first-order valence-electron chi connectivity index (χ1n) is 4.62. The zero-order valence-electron chi connectivity index (χ0n) is 8.29. The molecule has 0 saturated heterocycles. The summed E-state index contributed by atoms with van der Waals surface area (Å²) in [5, 5.41) is 2.32. The van der Waals surface area contributed by atoms with E-state index in [2.05, 4.69) is 17.1 Å². The lowest BCUT2D eigenvalue weighted by atomic mass is 10.0. The maximum absolute atomic E-state index is 6.28. The lowest BCUT2D eigenvalue weighted by Crippen LogP contribution is -2.10. The van der Waals surface area contributed by atoms with Crippen LogP contribution in [0.2, 0.25) is 0 Å². The van der Waals surface area contributed by atoms with Gasteiger partial charge in [0, 0.05) is 11.6 Å². The first-order valence-corrected chi connectivity index (χ1v) is 5.00. The van der Waals surface area contributed by atoms with Crippen molar-refractivity contribution in [3.8, 4) is 0 Å². The van der Waals surface area contributed by atoms with Gasteiger partial charge in [0.1, 0.15) is 0 Å². The molecule has 0 radical (unpaired) electrons. The average Bonchev–Trinajstić information content (AvgIpc) is 2.15. The van der Waals surface area contributed by atoms with E-state index in [1.807, 2.05) is 38.2 Å². The molecule has 1 nitrogen and oxygen atoms in total. The normalized spacial score (nSPS) is 11.9. The molecule has 0 N–H and O–H groups in total. The Morgan fingerprint density at radius 2 is 1.86 bits per heavy atom. The van der Waals surface area contributed by atoms with Gasteiger partial charge in [-0.3, -0.25) is 4.98 Å². The number of fused-ring (bicyclic) bond motifs is 1. The number of aromatic nitrogens is 1. The second-order valence-corrected chi connectivity index (χ2v) is 4.80. The fraction of sp³-hybridized carbons (Fsp3) is 0.250. The summed E-state index contributed by atoms with van der Waals surface area (Å²) in [5.41, 5.74) is 0.942. The van der Waals surface area contributed by atoms with Crippen molar-refractivity contribution >= 4 is 22.4 Å². The number of halogens is 1. The van der Waals surface area contributed by atoms with Crippen molar-refractivity contribution in [1.29, 1.82) is 0 Å². The number of pyridine rings is 1. The van der Waals surface area contributed by atoms with Crippen LogP contribution in [0.1, 0.15) is 19.5 Å². The molecular formula is C12H12ClN. The van der Waals surface area contributed by atoms with Crippen molar-refractivity contribution in [3.05, 3.63) is 42.2 Å². The molecule has 1 aromatic heterocycles. The number of nitrogens with zero attached hydrogens (tertiary/aromatic N) is 1.